The van der Waals surface area contributed by atoms with Crippen molar-refractivity contribution < 1.29 is 4.79 Å². The molecule has 0 atom stereocenters. The number of para-hydroxylation sites is 1. The smallest absolute Gasteiger partial charge is 0.251 e. The third-order valence-corrected chi connectivity index (χ3v) is 3.08. The summed E-state index contributed by atoms with van der Waals surface area (Å²) in [7, 11) is 0. The number of benzene rings is 2. The lowest BCUT2D eigenvalue weighted by molar-refractivity contribution is -0.113. The molecule has 2 aromatic carbocycles. The van der Waals surface area contributed by atoms with Crippen molar-refractivity contribution >= 4 is 17.7 Å². The fraction of sp³-hybridized carbons (Fsp3) is 0.0625. The first-order valence-corrected chi connectivity index (χ1v) is 5.98. The van der Waals surface area contributed by atoms with Crippen LogP contribution in [0.25, 0.3) is 6.08 Å². The van der Waals surface area contributed by atoms with Gasteiger partial charge in [0.15, 0.2) is 0 Å². The molecule has 18 heavy (non-hydrogen) atoms. The Morgan fingerprint density at radius 2 is 1.67 bits per heavy atom. The minimum atomic E-state index is -0.00227. The zero-order valence-electron chi connectivity index (χ0n) is 9.89. The van der Waals surface area contributed by atoms with Crippen molar-refractivity contribution in [2.24, 2.45) is 0 Å². The Labute approximate surface area is 106 Å². The van der Waals surface area contributed by atoms with Gasteiger partial charge in [-0.25, -0.2) is 0 Å². The van der Waals surface area contributed by atoms with Crippen molar-refractivity contribution in [3.8, 4) is 0 Å². The van der Waals surface area contributed by atoms with Gasteiger partial charge in [-0.3, -0.25) is 4.79 Å². The monoisotopic (exact) mass is 235 g/mol. The molecule has 1 aliphatic rings. The predicted octanol–water partition coefficient (Wildman–Crippen LogP) is 3.26. The van der Waals surface area contributed by atoms with Gasteiger partial charge in [-0.1, -0.05) is 48.5 Å². The number of carbonyl (C=O) groups excluding carboxylic acids is 1. The lowest BCUT2D eigenvalue weighted by atomic mass is 9.97. The number of hydrogen-bond acceptors (Lipinski definition) is 1. The van der Waals surface area contributed by atoms with Crippen LogP contribution in [0.5, 0.6) is 0 Å². The van der Waals surface area contributed by atoms with Crippen molar-refractivity contribution in [1.82, 2.24) is 0 Å². The molecule has 1 amide bonds. The summed E-state index contributed by atoms with van der Waals surface area (Å²) in [5.74, 6) is -0.00227. The first-order chi connectivity index (χ1) is 8.83. The summed E-state index contributed by atoms with van der Waals surface area (Å²) < 4.78 is 0. The van der Waals surface area contributed by atoms with E-state index in [1.807, 2.05) is 60.7 Å². The molecule has 88 valence electrons. The molecular weight excluding hydrogens is 222 g/mol. The van der Waals surface area contributed by atoms with Crippen molar-refractivity contribution in [1.29, 1.82) is 0 Å². The van der Waals surface area contributed by atoms with E-state index in [-0.39, 0.29) is 5.91 Å². The second-order valence-electron chi connectivity index (χ2n) is 4.37. The van der Waals surface area contributed by atoms with Crippen LogP contribution in [0.3, 0.4) is 0 Å². The zero-order valence-corrected chi connectivity index (χ0v) is 9.89. The second-order valence-corrected chi connectivity index (χ2v) is 4.37. The lowest BCUT2D eigenvalue weighted by Crippen LogP contribution is -2.21. The average Bonchev–Trinajstić information content (AvgIpc) is 2.41. The van der Waals surface area contributed by atoms with E-state index in [2.05, 4.69) is 5.32 Å². The van der Waals surface area contributed by atoms with Crippen LogP contribution in [0.15, 0.2) is 60.2 Å². The van der Waals surface area contributed by atoms with Crippen molar-refractivity contribution in [2.75, 3.05) is 5.32 Å². The summed E-state index contributed by atoms with van der Waals surface area (Å²) in [4.78, 5) is 12.0. The molecule has 0 aliphatic carbocycles. The number of hydrogen-bond donors (Lipinski definition) is 1. The molecule has 0 spiro atoms. The van der Waals surface area contributed by atoms with Crippen molar-refractivity contribution in [2.45, 2.75) is 6.42 Å². The molecule has 1 heterocycles. The third kappa shape index (κ3) is 2.05. The minimum Gasteiger partial charge on any atom is -0.322 e. The van der Waals surface area contributed by atoms with Gasteiger partial charge in [0.1, 0.15) is 0 Å². The summed E-state index contributed by atoms with van der Waals surface area (Å²) >= 11 is 0. The zero-order chi connectivity index (χ0) is 12.4. The van der Waals surface area contributed by atoms with Crippen molar-refractivity contribution in [3.63, 3.8) is 0 Å². The average molecular weight is 235 g/mol. The highest BCUT2D eigenvalue weighted by molar-refractivity contribution is 6.09. The van der Waals surface area contributed by atoms with Gasteiger partial charge < -0.3 is 5.32 Å². The van der Waals surface area contributed by atoms with Gasteiger partial charge in [0.05, 0.1) is 0 Å². The Bertz CT molecular complexity index is 614. The highest BCUT2D eigenvalue weighted by Gasteiger charge is 2.18. The minimum absolute atomic E-state index is 0.00227. The molecule has 3 rings (SSSR count). The highest BCUT2D eigenvalue weighted by Crippen LogP contribution is 2.25. The molecule has 0 saturated heterocycles. The standard InChI is InChI=1S/C16H13NO/c18-16-14(10-12-6-2-1-3-7-12)11-13-8-4-5-9-15(13)17-16/h1-10H,11H2,(H,17,18). The van der Waals surface area contributed by atoms with Crippen molar-refractivity contribution in [3.05, 3.63) is 71.3 Å². The van der Waals surface area contributed by atoms with Crippen LogP contribution >= 0.6 is 0 Å². The Hall–Kier alpha value is -2.35. The van der Waals surface area contributed by atoms with E-state index in [0.29, 0.717) is 6.42 Å². The molecule has 0 bridgehead atoms. The summed E-state index contributed by atoms with van der Waals surface area (Å²) in [6.07, 6.45) is 2.64. The first-order valence-electron chi connectivity index (χ1n) is 5.98. The van der Waals surface area contributed by atoms with E-state index in [0.717, 1.165) is 16.8 Å². The Kier molecular flexibility index (Phi) is 2.69. The fourth-order valence-corrected chi connectivity index (χ4v) is 2.15. The molecular formula is C16H13NO. The normalized spacial score (nSPS) is 16.2. The van der Waals surface area contributed by atoms with Gasteiger partial charge in [-0.05, 0) is 23.3 Å². The molecule has 2 nitrogen and oxygen atoms in total. The largest absolute Gasteiger partial charge is 0.322 e. The van der Waals surface area contributed by atoms with Crippen LogP contribution in [-0.2, 0) is 11.2 Å². The molecule has 0 aromatic heterocycles. The number of rotatable bonds is 1. The van der Waals surface area contributed by atoms with Gasteiger partial charge >= 0.3 is 0 Å². The molecule has 2 aromatic rings. The van der Waals surface area contributed by atoms with E-state index in [1.165, 1.54) is 5.56 Å². The quantitative estimate of drug-likeness (QED) is 0.755. The Balaban J connectivity index is 1.96. The molecule has 1 N–H and O–H groups in total. The van der Waals surface area contributed by atoms with Crippen LogP contribution in [-0.4, -0.2) is 5.91 Å². The molecule has 2 heteroatoms. The van der Waals surface area contributed by atoms with Crippen LogP contribution in [0, 0.1) is 0 Å². The van der Waals surface area contributed by atoms with E-state index < -0.39 is 0 Å². The summed E-state index contributed by atoms with van der Waals surface area (Å²) in [5, 5.41) is 2.92. The summed E-state index contributed by atoms with van der Waals surface area (Å²) in [5.41, 5.74) is 3.95. The number of nitrogens with one attached hydrogen (secondary N) is 1. The fourth-order valence-electron chi connectivity index (χ4n) is 2.15. The number of amides is 1. The predicted molar refractivity (Wildman–Crippen MR) is 73.2 cm³/mol. The van der Waals surface area contributed by atoms with Gasteiger partial charge in [0, 0.05) is 17.7 Å². The van der Waals surface area contributed by atoms with Gasteiger partial charge in [0.25, 0.3) is 5.91 Å². The lowest BCUT2D eigenvalue weighted by Gasteiger charge is -2.19. The van der Waals surface area contributed by atoms with Crippen LogP contribution in [0.4, 0.5) is 5.69 Å². The van der Waals surface area contributed by atoms with Crippen LogP contribution in [0.2, 0.25) is 0 Å². The van der Waals surface area contributed by atoms with E-state index >= 15 is 0 Å². The highest BCUT2D eigenvalue weighted by atomic mass is 16.1. The molecule has 0 fully saturated rings. The van der Waals surface area contributed by atoms with Gasteiger partial charge in [-0.15, -0.1) is 0 Å². The van der Waals surface area contributed by atoms with Crippen LogP contribution in [0.1, 0.15) is 11.1 Å². The van der Waals surface area contributed by atoms with Gasteiger partial charge in [-0.2, -0.15) is 0 Å². The molecule has 0 radical (unpaired) electrons. The number of carbonyl (C=O) groups is 1. The summed E-state index contributed by atoms with van der Waals surface area (Å²) in [6, 6.07) is 17.8. The maximum absolute atomic E-state index is 12.0. The third-order valence-electron chi connectivity index (χ3n) is 3.08. The maximum atomic E-state index is 12.0. The molecule has 0 unspecified atom stereocenters. The SMILES string of the molecule is O=C1Nc2ccccc2CC1=Cc1ccccc1. The first kappa shape index (κ1) is 10.8. The van der Waals surface area contributed by atoms with Gasteiger partial charge in [0.2, 0.25) is 0 Å². The van der Waals surface area contributed by atoms with E-state index in [9.17, 15) is 4.79 Å². The Morgan fingerprint density at radius 3 is 2.50 bits per heavy atom. The molecule has 0 saturated carbocycles. The number of fused-ring (bicyclic) bond motifs is 1. The molecule has 1 aliphatic heterocycles. The Morgan fingerprint density at radius 1 is 0.944 bits per heavy atom. The topological polar surface area (TPSA) is 29.1 Å². The number of anilines is 1. The summed E-state index contributed by atoms with van der Waals surface area (Å²) in [6.45, 7) is 0. The van der Waals surface area contributed by atoms with E-state index in [1.54, 1.807) is 0 Å². The second kappa shape index (κ2) is 4.49. The maximum Gasteiger partial charge on any atom is 0.251 e. The van der Waals surface area contributed by atoms with E-state index in [4.69, 9.17) is 0 Å². The van der Waals surface area contributed by atoms with Crippen LogP contribution < -0.4 is 5.32 Å².